The Balaban J connectivity index is 1.85. The van der Waals surface area contributed by atoms with Crippen LogP contribution in [0.2, 0.25) is 0 Å². The van der Waals surface area contributed by atoms with Gasteiger partial charge in [-0.2, -0.15) is 0 Å². The molecule has 2 aliphatic rings. The molecule has 0 aromatic heterocycles. The van der Waals surface area contributed by atoms with Gasteiger partial charge < -0.3 is 10.1 Å². The van der Waals surface area contributed by atoms with E-state index in [4.69, 9.17) is 4.74 Å². The van der Waals surface area contributed by atoms with E-state index in [1.54, 1.807) is 0 Å². The van der Waals surface area contributed by atoms with E-state index in [2.05, 4.69) is 53.3 Å². The minimum atomic E-state index is 0.215. The predicted molar refractivity (Wildman–Crippen MR) is 90.6 cm³/mol. The van der Waals surface area contributed by atoms with E-state index in [0.29, 0.717) is 12.0 Å². The molecule has 21 heavy (non-hydrogen) atoms. The number of rotatable bonds is 4. The van der Waals surface area contributed by atoms with Crippen LogP contribution in [0.4, 0.5) is 0 Å². The Hall–Kier alpha value is -0.380. The monoisotopic (exact) mass is 351 g/mol. The summed E-state index contributed by atoms with van der Waals surface area (Å²) < 4.78 is 7.38. The average Bonchev–Trinajstić information content (AvgIpc) is 2.47. The van der Waals surface area contributed by atoms with E-state index in [9.17, 15) is 0 Å². The summed E-state index contributed by atoms with van der Waals surface area (Å²) in [6.45, 7) is 6.31. The van der Waals surface area contributed by atoms with Gasteiger partial charge in [0.2, 0.25) is 0 Å². The smallest absolute Gasteiger partial charge is 0.0686 e. The van der Waals surface area contributed by atoms with Crippen molar-refractivity contribution in [3.63, 3.8) is 0 Å². The molecule has 1 aliphatic carbocycles. The zero-order valence-corrected chi connectivity index (χ0v) is 14.7. The van der Waals surface area contributed by atoms with Gasteiger partial charge in [-0.15, -0.1) is 0 Å². The summed E-state index contributed by atoms with van der Waals surface area (Å²) in [5.74, 6) is 0.678. The number of hydrogen-bond acceptors (Lipinski definition) is 2. The van der Waals surface area contributed by atoms with Gasteiger partial charge in [-0.25, -0.2) is 0 Å². The average molecular weight is 352 g/mol. The van der Waals surface area contributed by atoms with Gasteiger partial charge in [0.1, 0.15) is 0 Å². The summed E-state index contributed by atoms with van der Waals surface area (Å²) in [5.41, 5.74) is 2.95. The fraction of sp³-hybridized carbons (Fsp3) is 0.667. The van der Waals surface area contributed by atoms with E-state index in [1.165, 1.54) is 47.7 Å². The Bertz CT molecular complexity index is 498. The second kappa shape index (κ2) is 6.39. The lowest BCUT2D eigenvalue weighted by atomic mass is 9.69. The topological polar surface area (TPSA) is 21.3 Å². The highest BCUT2D eigenvalue weighted by atomic mass is 79.9. The lowest BCUT2D eigenvalue weighted by Crippen LogP contribution is -2.48. The molecule has 1 aromatic carbocycles. The molecule has 1 spiro atoms. The molecule has 1 N–H and O–H groups in total. The van der Waals surface area contributed by atoms with Crippen molar-refractivity contribution in [2.75, 3.05) is 13.2 Å². The normalized spacial score (nSPS) is 25.6. The van der Waals surface area contributed by atoms with Gasteiger partial charge >= 0.3 is 0 Å². The first-order chi connectivity index (χ1) is 10.2. The van der Waals surface area contributed by atoms with Crippen LogP contribution in [-0.4, -0.2) is 18.8 Å². The molecule has 2 atom stereocenters. The highest BCUT2D eigenvalue weighted by molar-refractivity contribution is 9.10. The van der Waals surface area contributed by atoms with E-state index in [1.807, 2.05) is 0 Å². The summed E-state index contributed by atoms with van der Waals surface area (Å²) in [6.07, 6.45) is 6.24. The molecule has 1 saturated carbocycles. The molecule has 1 heterocycles. The van der Waals surface area contributed by atoms with E-state index >= 15 is 0 Å². The molecule has 0 bridgehead atoms. The Morgan fingerprint density at radius 3 is 2.90 bits per heavy atom. The number of ether oxygens (including phenoxy) is 1. The molecule has 3 heteroatoms. The summed E-state index contributed by atoms with van der Waals surface area (Å²) in [6, 6.07) is 7.06. The van der Waals surface area contributed by atoms with Gasteiger partial charge in [0, 0.05) is 17.1 Å². The number of hydrogen-bond donors (Lipinski definition) is 1. The van der Waals surface area contributed by atoms with Crippen LogP contribution in [0.5, 0.6) is 0 Å². The molecular weight excluding hydrogens is 326 g/mol. The van der Waals surface area contributed by atoms with Crippen molar-refractivity contribution in [3.8, 4) is 0 Å². The molecular formula is C18H26BrNO. The molecule has 1 saturated heterocycles. The van der Waals surface area contributed by atoms with Crippen molar-refractivity contribution in [1.29, 1.82) is 0 Å². The summed E-state index contributed by atoms with van der Waals surface area (Å²) in [7, 11) is 0. The molecule has 2 fully saturated rings. The zero-order chi connectivity index (χ0) is 14.9. The van der Waals surface area contributed by atoms with Crippen LogP contribution < -0.4 is 5.32 Å². The Labute approximate surface area is 136 Å². The highest BCUT2D eigenvalue weighted by Crippen LogP contribution is 2.47. The van der Waals surface area contributed by atoms with Crippen LogP contribution in [0.25, 0.3) is 0 Å². The molecule has 2 unspecified atom stereocenters. The van der Waals surface area contributed by atoms with Crippen LogP contribution in [0.3, 0.4) is 0 Å². The van der Waals surface area contributed by atoms with Crippen molar-refractivity contribution in [3.05, 3.63) is 33.8 Å². The van der Waals surface area contributed by atoms with Crippen molar-refractivity contribution in [2.45, 2.75) is 57.6 Å². The first kappa shape index (κ1) is 15.5. The van der Waals surface area contributed by atoms with Crippen LogP contribution in [0.1, 0.15) is 56.2 Å². The first-order valence-corrected chi connectivity index (χ1v) is 9.07. The Kier molecular flexibility index (Phi) is 4.72. The van der Waals surface area contributed by atoms with Crippen molar-refractivity contribution >= 4 is 15.9 Å². The number of aryl methyl sites for hydroxylation is 1. The van der Waals surface area contributed by atoms with Crippen molar-refractivity contribution < 1.29 is 4.74 Å². The Morgan fingerprint density at radius 2 is 2.24 bits per heavy atom. The van der Waals surface area contributed by atoms with Gasteiger partial charge in [0.15, 0.2) is 0 Å². The van der Waals surface area contributed by atoms with E-state index in [0.717, 1.165) is 13.2 Å². The fourth-order valence-electron chi connectivity index (χ4n) is 3.93. The van der Waals surface area contributed by atoms with Crippen LogP contribution in [0, 0.1) is 12.8 Å². The maximum Gasteiger partial charge on any atom is 0.0686 e. The minimum Gasteiger partial charge on any atom is -0.375 e. The van der Waals surface area contributed by atoms with Crippen molar-refractivity contribution in [2.24, 2.45) is 5.92 Å². The highest BCUT2D eigenvalue weighted by Gasteiger charge is 2.44. The second-order valence-electron chi connectivity index (χ2n) is 6.65. The minimum absolute atomic E-state index is 0.215. The number of nitrogens with one attached hydrogen (secondary N) is 1. The largest absolute Gasteiger partial charge is 0.375 e. The van der Waals surface area contributed by atoms with Gasteiger partial charge in [-0.05, 0) is 62.6 Å². The van der Waals surface area contributed by atoms with Crippen LogP contribution in [0.15, 0.2) is 22.7 Å². The van der Waals surface area contributed by atoms with Crippen LogP contribution in [-0.2, 0) is 4.74 Å². The zero-order valence-electron chi connectivity index (χ0n) is 13.1. The van der Waals surface area contributed by atoms with Crippen molar-refractivity contribution in [1.82, 2.24) is 5.32 Å². The van der Waals surface area contributed by atoms with Gasteiger partial charge in [0.05, 0.1) is 5.60 Å². The molecule has 1 aliphatic heterocycles. The summed E-state index contributed by atoms with van der Waals surface area (Å²) >= 11 is 3.81. The molecule has 116 valence electrons. The quantitative estimate of drug-likeness (QED) is 0.844. The number of benzene rings is 1. The third-order valence-electron chi connectivity index (χ3n) is 5.25. The second-order valence-corrected chi connectivity index (χ2v) is 7.44. The third-order valence-corrected chi connectivity index (χ3v) is 6.33. The van der Waals surface area contributed by atoms with Gasteiger partial charge in [0.25, 0.3) is 0 Å². The molecule has 2 nitrogen and oxygen atoms in total. The predicted octanol–water partition coefficient (Wildman–Crippen LogP) is 4.76. The lowest BCUT2D eigenvalue weighted by molar-refractivity contribution is -0.147. The van der Waals surface area contributed by atoms with E-state index in [-0.39, 0.29) is 5.60 Å². The SMILES string of the molecule is CCNC(c1cccc(C)c1Br)C1CCOC2(CCC2)C1. The maximum absolute atomic E-state index is 6.11. The van der Waals surface area contributed by atoms with Crippen LogP contribution >= 0.6 is 15.9 Å². The molecule has 1 aromatic rings. The summed E-state index contributed by atoms with van der Waals surface area (Å²) in [5, 5.41) is 3.74. The standard InChI is InChI=1S/C18H26BrNO/c1-3-20-17(15-7-4-6-13(2)16(15)19)14-8-11-21-18(12-14)9-5-10-18/h4,6-7,14,17,20H,3,5,8-12H2,1-2H3. The lowest BCUT2D eigenvalue weighted by Gasteiger charge is -2.49. The first-order valence-electron chi connectivity index (χ1n) is 8.27. The third kappa shape index (κ3) is 3.06. The number of halogens is 1. The maximum atomic E-state index is 6.11. The van der Waals surface area contributed by atoms with Gasteiger partial charge in [-0.1, -0.05) is 41.1 Å². The molecule has 3 rings (SSSR count). The fourth-order valence-corrected chi connectivity index (χ4v) is 4.44. The van der Waals surface area contributed by atoms with E-state index < -0.39 is 0 Å². The molecule has 0 radical (unpaired) electrons. The Morgan fingerprint density at radius 1 is 1.43 bits per heavy atom. The van der Waals surface area contributed by atoms with Gasteiger partial charge in [-0.3, -0.25) is 0 Å². The summed E-state index contributed by atoms with van der Waals surface area (Å²) in [4.78, 5) is 0. The molecule has 0 amide bonds.